The summed E-state index contributed by atoms with van der Waals surface area (Å²) in [5, 5.41) is 22.5. The van der Waals surface area contributed by atoms with Crippen LogP contribution in [0.25, 0.3) is 0 Å². The van der Waals surface area contributed by atoms with Crippen LogP contribution >= 0.6 is 0 Å². The summed E-state index contributed by atoms with van der Waals surface area (Å²) in [4.78, 5) is 13.3. The smallest absolute Gasteiger partial charge is 0.216 e. The summed E-state index contributed by atoms with van der Waals surface area (Å²) in [6.45, 7) is 3.04. The first-order valence-corrected chi connectivity index (χ1v) is 7.52. The Kier molecular flexibility index (Phi) is 5.95. The van der Waals surface area contributed by atoms with Gasteiger partial charge in [0.2, 0.25) is 5.91 Å². The minimum absolute atomic E-state index is 0.130. The second-order valence-electron chi connectivity index (χ2n) is 5.80. The van der Waals surface area contributed by atoms with Gasteiger partial charge in [0.25, 0.3) is 0 Å². The SMILES string of the molecule is COCC1CCCN1C1C(CNC(C)=O)OC(CO)C1O. The van der Waals surface area contributed by atoms with Crippen molar-refractivity contribution in [2.24, 2.45) is 0 Å². The van der Waals surface area contributed by atoms with Crippen LogP contribution in [0, 0.1) is 0 Å². The number of carbonyl (C=O) groups is 1. The summed E-state index contributed by atoms with van der Waals surface area (Å²) in [5.41, 5.74) is 0. The standard InChI is InChI=1S/C14H26N2O5/c1-9(18)15-6-11-13(14(19)12(7-17)21-11)16-5-3-4-10(16)8-20-2/h10-14,17,19H,3-8H2,1-2H3,(H,15,18). The van der Waals surface area contributed by atoms with Crippen molar-refractivity contribution in [2.75, 3.05) is 33.4 Å². The predicted octanol–water partition coefficient (Wildman–Crippen LogP) is -1.28. The average Bonchev–Trinajstić information content (AvgIpc) is 3.01. The molecule has 2 rings (SSSR count). The molecule has 0 bridgehead atoms. The summed E-state index contributed by atoms with van der Waals surface area (Å²) in [6, 6.07) is 0.0205. The van der Waals surface area contributed by atoms with Crippen LogP contribution in [0.2, 0.25) is 0 Å². The molecule has 3 N–H and O–H groups in total. The lowest BCUT2D eigenvalue weighted by Gasteiger charge is -2.34. The minimum atomic E-state index is -0.758. The van der Waals surface area contributed by atoms with Gasteiger partial charge >= 0.3 is 0 Å². The Hall–Kier alpha value is -0.730. The second-order valence-corrected chi connectivity index (χ2v) is 5.80. The fraction of sp³-hybridized carbons (Fsp3) is 0.929. The van der Waals surface area contributed by atoms with E-state index in [1.807, 2.05) is 0 Å². The molecule has 5 unspecified atom stereocenters. The average molecular weight is 302 g/mol. The molecule has 2 fully saturated rings. The Balaban J connectivity index is 2.09. The van der Waals surface area contributed by atoms with E-state index in [-0.39, 0.29) is 30.7 Å². The summed E-state index contributed by atoms with van der Waals surface area (Å²) in [5.74, 6) is -0.130. The van der Waals surface area contributed by atoms with Crippen LogP contribution in [0.15, 0.2) is 0 Å². The van der Waals surface area contributed by atoms with Gasteiger partial charge in [0.05, 0.1) is 25.4 Å². The third-order valence-corrected chi connectivity index (χ3v) is 4.36. The van der Waals surface area contributed by atoms with Gasteiger partial charge in [-0.05, 0) is 19.4 Å². The maximum Gasteiger partial charge on any atom is 0.216 e. The number of likely N-dealkylation sites (tertiary alicyclic amines) is 1. The van der Waals surface area contributed by atoms with Crippen LogP contribution in [0.3, 0.4) is 0 Å². The number of rotatable bonds is 6. The Morgan fingerprint density at radius 1 is 1.48 bits per heavy atom. The van der Waals surface area contributed by atoms with Gasteiger partial charge in [0.1, 0.15) is 12.2 Å². The molecule has 0 aromatic carbocycles. The highest BCUT2D eigenvalue weighted by Crippen LogP contribution is 2.31. The van der Waals surface area contributed by atoms with Crippen molar-refractivity contribution in [3.8, 4) is 0 Å². The molecule has 0 aliphatic carbocycles. The van der Waals surface area contributed by atoms with Gasteiger partial charge in [-0.1, -0.05) is 0 Å². The molecule has 21 heavy (non-hydrogen) atoms. The summed E-state index contributed by atoms with van der Waals surface area (Å²) in [7, 11) is 1.67. The van der Waals surface area contributed by atoms with Crippen LogP contribution < -0.4 is 5.32 Å². The van der Waals surface area contributed by atoms with Crippen LogP contribution in [0.4, 0.5) is 0 Å². The molecular weight excluding hydrogens is 276 g/mol. The van der Waals surface area contributed by atoms with Crippen molar-refractivity contribution in [2.45, 2.75) is 50.2 Å². The van der Waals surface area contributed by atoms with E-state index < -0.39 is 12.2 Å². The highest BCUT2D eigenvalue weighted by Gasteiger charge is 2.48. The number of aliphatic hydroxyl groups is 2. The van der Waals surface area contributed by atoms with E-state index >= 15 is 0 Å². The number of methoxy groups -OCH3 is 1. The van der Waals surface area contributed by atoms with Gasteiger partial charge in [-0.15, -0.1) is 0 Å². The summed E-state index contributed by atoms with van der Waals surface area (Å²) in [6.07, 6.45) is 0.393. The highest BCUT2D eigenvalue weighted by atomic mass is 16.5. The van der Waals surface area contributed by atoms with Gasteiger partial charge < -0.3 is 25.0 Å². The number of aliphatic hydroxyl groups excluding tert-OH is 2. The Bertz CT molecular complexity index is 354. The predicted molar refractivity (Wildman–Crippen MR) is 75.8 cm³/mol. The number of nitrogens with zero attached hydrogens (tertiary/aromatic N) is 1. The zero-order chi connectivity index (χ0) is 15.4. The fourth-order valence-electron chi connectivity index (χ4n) is 3.42. The van der Waals surface area contributed by atoms with Crippen LogP contribution in [-0.4, -0.2) is 84.8 Å². The summed E-state index contributed by atoms with van der Waals surface area (Å²) < 4.78 is 11.0. The van der Waals surface area contributed by atoms with Crippen LogP contribution in [-0.2, 0) is 14.3 Å². The topological polar surface area (TPSA) is 91.3 Å². The van der Waals surface area contributed by atoms with E-state index in [0.717, 1.165) is 19.4 Å². The third kappa shape index (κ3) is 3.73. The quantitative estimate of drug-likeness (QED) is 0.566. The number of ether oxygens (including phenoxy) is 2. The largest absolute Gasteiger partial charge is 0.394 e. The molecule has 2 aliphatic rings. The van der Waals surface area contributed by atoms with Gasteiger partial charge in [0.15, 0.2) is 0 Å². The third-order valence-electron chi connectivity index (χ3n) is 4.36. The molecular formula is C14H26N2O5. The van der Waals surface area contributed by atoms with Crippen molar-refractivity contribution in [3.05, 3.63) is 0 Å². The van der Waals surface area contributed by atoms with Crippen molar-refractivity contribution in [1.29, 1.82) is 0 Å². The van der Waals surface area contributed by atoms with Crippen molar-refractivity contribution < 1.29 is 24.5 Å². The fourth-order valence-corrected chi connectivity index (χ4v) is 3.42. The highest BCUT2D eigenvalue weighted by molar-refractivity contribution is 5.72. The van der Waals surface area contributed by atoms with Crippen molar-refractivity contribution in [1.82, 2.24) is 10.2 Å². The maximum atomic E-state index is 11.1. The minimum Gasteiger partial charge on any atom is -0.394 e. The molecule has 1 amide bonds. The number of amides is 1. The monoisotopic (exact) mass is 302 g/mol. The number of hydrogen-bond donors (Lipinski definition) is 3. The molecule has 2 saturated heterocycles. The molecule has 122 valence electrons. The number of hydrogen-bond acceptors (Lipinski definition) is 6. The number of carbonyl (C=O) groups excluding carboxylic acids is 1. The molecule has 0 radical (unpaired) electrons. The van der Waals surface area contributed by atoms with E-state index in [1.165, 1.54) is 6.92 Å². The molecule has 2 heterocycles. The first kappa shape index (κ1) is 16.6. The lowest BCUT2D eigenvalue weighted by molar-refractivity contribution is -0.119. The number of nitrogens with one attached hydrogen (secondary N) is 1. The van der Waals surface area contributed by atoms with E-state index in [0.29, 0.717) is 13.2 Å². The van der Waals surface area contributed by atoms with Crippen molar-refractivity contribution >= 4 is 5.91 Å². The zero-order valence-electron chi connectivity index (χ0n) is 12.7. The Morgan fingerprint density at radius 2 is 2.24 bits per heavy atom. The first-order valence-electron chi connectivity index (χ1n) is 7.52. The summed E-state index contributed by atoms with van der Waals surface area (Å²) >= 11 is 0. The Labute approximate surface area is 125 Å². The van der Waals surface area contributed by atoms with Gasteiger partial charge in [-0.25, -0.2) is 0 Å². The zero-order valence-corrected chi connectivity index (χ0v) is 12.7. The lowest BCUT2D eigenvalue weighted by Crippen LogP contribution is -2.53. The normalized spacial score (nSPS) is 37.0. The first-order chi connectivity index (χ1) is 10.1. The lowest BCUT2D eigenvalue weighted by atomic mass is 10.0. The van der Waals surface area contributed by atoms with Crippen LogP contribution in [0.5, 0.6) is 0 Å². The molecule has 0 aromatic rings. The van der Waals surface area contributed by atoms with E-state index in [1.54, 1.807) is 7.11 Å². The van der Waals surface area contributed by atoms with E-state index in [2.05, 4.69) is 10.2 Å². The maximum absolute atomic E-state index is 11.1. The molecule has 5 atom stereocenters. The molecule has 7 heteroatoms. The van der Waals surface area contributed by atoms with Gasteiger partial charge in [0, 0.05) is 26.6 Å². The molecule has 7 nitrogen and oxygen atoms in total. The molecule has 2 aliphatic heterocycles. The van der Waals surface area contributed by atoms with Crippen molar-refractivity contribution in [3.63, 3.8) is 0 Å². The Morgan fingerprint density at radius 3 is 2.86 bits per heavy atom. The van der Waals surface area contributed by atoms with E-state index in [4.69, 9.17) is 9.47 Å². The second kappa shape index (κ2) is 7.51. The van der Waals surface area contributed by atoms with Gasteiger partial charge in [-0.3, -0.25) is 9.69 Å². The van der Waals surface area contributed by atoms with E-state index in [9.17, 15) is 15.0 Å². The molecule has 0 spiro atoms. The van der Waals surface area contributed by atoms with Crippen LogP contribution in [0.1, 0.15) is 19.8 Å². The van der Waals surface area contributed by atoms with Gasteiger partial charge in [-0.2, -0.15) is 0 Å². The molecule has 0 saturated carbocycles. The molecule has 0 aromatic heterocycles.